The van der Waals surface area contributed by atoms with Gasteiger partial charge in [0.2, 0.25) is 0 Å². The van der Waals surface area contributed by atoms with Crippen molar-refractivity contribution in [1.29, 1.82) is 0 Å². The van der Waals surface area contributed by atoms with E-state index >= 15 is 0 Å². The van der Waals surface area contributed by atoms with Crippen LogP contribution < -0.4 is 10.0 Å². The van der Waals surface area contributed by atoms with Crippen molar-refractivity contribution < 1.29 is 8.42 Å². The lowest BCUT2D eigenvalue weighted by Gasteiger charge is -2.10. The van der Waals surface area contributed by atoms with Gasteiger partial charge < -0.3 is 5.32 Å². The SMILES string of the molecule is Cc1csc(NS(=O)(=O)c2c(C)csc2CNC(C)C)n1. The Kier molecular flexibility index (Phi) is 5.03. The van der Waals surface area contributed by atoms with E-state index < -0.39 is 10.0 Å². The van der Waals surface area contributed by atoms with E-state index in [0.717, 1.165) is 16.1 Å². The lowest BCUT2D eigenvalue weighted by molar-refractivity contribution is 0.581. The highest BCUT2D eigenvalue weighted by atomic mass is 32.2. The summed E-state index contributed by atoms with van der Waals surface area (Å²) in [5.41, 5.74) is 1.57. The van der Waals surface area contributed by atoms with Crippen LogP contribution in [0.4, 0.5) is 5.13 Å². The van der Waals surface area contributed by atoms with Crippen LogP contribution in [0.25, 0.3) is 0 Å². The van der Waals surface area contributed by atoms with E-state index in [0.29, 0.717) is 22.6 Å². The van der Waals surface area contributed by atoms with Crippen LogP contribution in [0, 0.1) is 13.8 Å². The van der Waals surface area contributed by atoms with Crippen LogP contribution in [0.3, 0.4) is 0 Å². The number of nitrogens with one attached hydrogen (secondary N) is 2. The zero-order chi connectivity index (χ0) is 15.6. The number of aryl methyl sites for hydroxylation is 2. The van der Waals surface area contributed by atoms with Crippen LogP contribution in [-0.2, 0) is 16.6 Å². The summed E-state index contributed by atoms with van der Waals surface area (Å²) in [5, 5.41) is 7.36. The number of rotatable bonds is 6. The molecule has 0 radical (unpaired) electrons. The van der Waals surface area contributed by atoms with Crippen molar-refractivity contribution in [3.05, 3.63) is 26.9 Å². The van der Waals surface area contributed by atoms with Gasteiger partial charge in [0.05, 0.1) is 5.69 Å². The zero-order valence-corrected chi connectivity index (χ0v) is 14.9. The van der Waals surface area contributed by atoms with Crippen molar-refractivity contribution in [3.63, 3.8) is 0 Å². The summed E-state index contributed by atoms with van der Waals surface area (Å²) in [6.07, 6.45) is 0. The third kappa shape index (κ3) is 4.03. The fourth-order valence-corrected chi connectivity index (χ4v) is 5.54. The van der Waals surface area contributed by atoms with Crippen LogP contribution in [0.15, 0.2) is 15.7 Å². The number of sulfonamides is 1. The van der Waals surface area contributed by atoms with Crippen LogP contribution in [-0.4, -0.2) is 19.4 Å². The highest BCUT2D eigenvalue weighted by Crippen LogP contribution is 2.29. The van der Waals surface area contributed by atoms with Crippen LogP contribution in [0.5, 0.6) is 0 Å². The monoisotopic (exact) mass is 345 g/mol. The van der Waals surface area contributed by atoms with E-state index in [1.165, 1.54) is 22.7 Å². The molecule has 0 spiro atoms. The summed E-state index contributed by atoms with van der Waals surface area (Å²) in [4.78, 5) is 5.35. The van der Waals surface area contributed by atoms with E-state index in [1.807, 2.05) is 38.5 Å². The van der Waals surface area contributed by atoms with E-state index in [4.69, 9.17) is 0 Å². The molecular formula is C13H19N3O2S3. The Bertz CT molecular complexity index is 717. The smallest absolute Gasteiger partial charge is 0.265 e. The molecule has 0 unspecified atom stereocenters. The van der Waals surface area contributed by atoms with Crippen LogP contribution >= 0.6 is 22.7 Å². The van der Waals surface area contributed by atoms with Gasteiger partial charge >= 0.3 is 0 Å². The first-order valence-electron chi connectivity index (χ1n) is 6.55. The van der Waals surface area contributed by atoms with Crippen LogP contribution in [0.2, 0.25) is 0 Å². The van der Waals surface area contributed by atoms with Gasteiger partial charge in [0, 0.05) is 22.8 Å². The van der Waals surface area contributed by atoms with Crippen molar-refractivity contribution in [2.45, 2.75) is 45.2 Å². The van der Waals surface area contributed by atoms with Gasteiger partial charge in [0.15, 0.2) is 5.13 Å². The summed E-state index contributed by atoms with van der Waals surface area (Å²) in [6, 6.07) is 0.303. The molecule has 8 heteroatoms. The topological polar surface area (TPSA) is 71.1 Å². The highest BCUT2D eigenvalue weighted by Gasteiger charge is 2.24. The Morgan fingerprint density at radius 1 is 1.24 bits per heavy atom. The molecule has 2 rings (SSSR count). The Morgan fingerprint density at radius 3 is 2.52 bits per heavy atom. The molecule has 0 aliphatic heterocycles. The molecule has 0 amide bonds. The largest absolute Gasteiger partial charge is 0.310 e. The van der Waals surface area contributed by atoms with Crippen molar-refractivity contribution in [2.24, 2.45) is 0 Å². The minimum absolute atomic E-state index is 0.303. The molecule has 0 aliphatic carbocycles. The van der Waals surface area contributed by atoms with E-state index in [9.17, 15) is 8.42 Å². The highest BCUT2D eigenvalue weighted by molar-refractivity contribution is 7.93. The molecule has 2 aromatic heterocycles. The fourth-order valence-electron chi connectivity index (χ4n) is 1.83. The molecule has 21 heavy (non-hydrogen) atoms. The van der Waals surface area contributed by atoms with Gasteiger partial charge in [0.25, 0.3) is 10.0 Å². The number of thiophene rings is 1. The fraction of sp³-hybridized carbons (Fsp3) is 0.462. The van der Waals surface area contributed by atoms with Crippen molar-refractivity contribution in [3.8, 4) is 0 Å². The lowest BCUT2D eigenvalue weighted by atomic mass is 10.3. The van der Waals surface area contributed by atoms with Gasteiger partial charge in [-0.15, -0.1) is 22.7 Å². The Balaban J connectivity index is 2.28. The summed E-state index contributed by atoms with van der Waals surface area (Å²) in [7, 11) is -3.60. The average Bonchev–Trinajstić information content (AvgIpc) is 2.93. The second-order valence-corrected chi connectivity index (χ2v) is 8.55. The normalized spacial score (nSPS) is 12.0. The van der Waals surface area contributed by atoms with Crippen molar-refractivity contribution in [1.82, 2.24) is 10.3 Å². The Morgan fingerprint density at radius 2 is 1.95 bits per heavy atom. The van der Waals surface area contributed by atoms with Crippen molar-refractivity contribution in [2.75, 3.05) is 4.72 Å². The predicted molar refractivity (Wildman–Crippen MR) is 88.7 cm³/mol. The maximum Gasteiger partial charge on any atom is 0.265 e. The number of anilines is 1. The van der Waals surface area contributed by atoms with E-state index in [-0.39, 0.29) is 0 Å². The molecule has 0 saturated heterocycles. The maximum atomic E-state index is 12.6. The van der Waals surface area contributed by atoms with E-state index in [2.05, 4.69) is 15.0 Å². The lowest BCUT2D eigenvalue weighted by Crippen LogP contribution is -2.23. The van der Waals surface area contributed by atoms with Crippen LogP contribution in [0.1, 0.15) is 30.0 Å². The molecular weight excluding hydrogens is 326 g/mol. The molecule has 0 saturated carbocycles. The van der Waals surface area contributed by atoms with Gasteiger partial charge in [-0.1, -0.05) is 13.8 Å². The number of hydrogen-bond acceptors (Lipinski definition) is 6. The van der Waals surface area contributed by atoms with E-state index in [1.54, 1.807) is 0 Å². The third-order valence-electron chi connectivity index (χ3n) is 2.77. The quantitative estimate of drug-likeness (QED) is 0.844. The second kappa shape index (κ2) is 6.43. The standard InChI is InChI=1S/C13H19N3O2S3/c1-8(2)14-5-11-12(9(3)6-19-11)21(17,18)16-13-15-10(4)7-20-13/h6-8,14H,5H2,1-4H3,(H,15,16). The summed E-state index contributed by atoms with van der Waals surface area (Å²) >= 11 is 2.75. The molecule has 116 valence electrons. The molecule has 0 fully saturated rings. The molecule has 5 nitrogen and oxygen atoms in total. The molecule has 0 aromatic carbocycles. The Labute approximate surface area is 133 Å². The molecule has 0 atom stereocenters. The molecule has 2 N–H and O–H groups in total. The molecule has 2 heterocycles. The molecule has 0 bridgehead atoms. The third-order valence-corrected chi connectivity index (χ3v) is 6.58. The number of aromatic nitrogens is 1. The Hall–Kier alpha value is -0.960. The summed E-state index contributed by atoms with van der Waals surface area (Å²) < 4.78 is 27.8. The zero-order valence-electron chi connectivity index (χ0n) is 12.4. The molecule has 0 aliphatic rings. The first-order valence-corrected chi connectivity index (χ1v) is 9.79. The van der Waals surface area contributed by atoms with Gasteiger partial charge in [-0.25, -0.2) is 13.4 Å². The first kappa shape index (κ1) is 16.4. The average molecular weight is 346 g/mol. The van der Waals surface area contributed by atoms with Gasteiger partial charge in [0.1, 0.15) is 4.90 Å². The minimum atomic E-state index is -3.60. The number of nitrogens with zero attached hydrogens (tertiary/aromatic N) is 1. The summed E-state index contributed by atoms with van der Waals surface area (Å²) in [5.74, 6) is 0. The number of thiazole rings is 1. The van der Waals surface area contributed by atoms with Gasteiger partial charge in [-0.05, 0) is 24.8 Å². The number of hydrogen-bond donors (Lipinski definition) is 2. The first-order chi connectivity index (χ1) is 9.79. The summed E-state index contributed by atoms with van der Waals surface area (Å²) in [6.45, 7) is 8.26. The minimum Gasteiger partial charge on any atom is -0.310 e. The predicted octanol–water partition coefficient (Wildman–Crippen LogP) is 3.12. The second-order valence-electron chi connectivity index (χ2n) is 5.11. The molecule has 2 aromatic rings. The van der Waals surface area contributed by atoms with Gasteiger partial charge in [-0.3, -0.25) is 4.72 Å². The van der Waals surface area contributed by atoms with Gasteiger partial charge in [-0.2, -0.15) is 0 Å². The van der Waals surface area contributed by atoms with Crippen molar-refractivity contribution >= 4 is 37.8 Å². The maximum absolute atomic E-state index is 12.6.